The minimum absolute atomic E-state index is 0.304. The van der Waals surface area contributed by atoms with Crippen molar-refractivity contribution in [2.75, 3.05) is 0 Å². The Morgan fingerprint density at radius 1 is 1.28 bits per heavy atom. The van der Waals surface area contributed by atoms with E-state index in [1.54, 1.807) is 6.07 Å². The fourth-order valence-corrected chi connectivity index (χ4v) is 1.87. The van der Waals surface area contributed by atoms with Crippen LogP contribution in [0.3, 0.4) is 0 Å². The molecule has 2 heterocycles. The minimum Gasteiger partial charge on any atom is -0.466 e. The molecule has 0 aliphatic carbocycles. The van der Waals surface area contributed by atoms with E-state index in [0.717, 1.165) is 12.3 Å². The van der Waals surface area contributed by atoms with Gasteiger partial charge >= 0.3 is 6.18 Å². The molecule has 96 valence electrons. The van der Waals surface area contributed by atoms with Crippen molar-refractivity contribution in [1.82, 2.24) is 4.98 Å². The lowest BCUT2D eigenvalue weighted by Gasteiger charge is -2.11. The van der Waals surface area contributed by atoms with Crippen LogP contribution in [0.25, 0.3) is 0 Å². The number of alkyl halides is 3. The van der Waals surface area contributed by atoms with E-state index in [0.29, 0.717) is 15.9 Å². The van der Waals surface area contributed by atoms with Gasteiger partial charge in [-0.1, -0.05) is 0 Å². The molecule has 3 nitrogen and oxygen atoms in total. The standard InChI is InChI=1S/C11H8BrF3N2O/c12-7-3-4-18-10(7)9(16)8-2-1-6(5-17-8)11(13,14)15/h1-5,9H,16H2. The SMILES string of the molecule is NC(c1ccc(C(F)(F)F)cn1)c1occc1Br. The molecule has 18 heavy (non-hydrogen) atoms. The number of furan rings is 1. The van der Waals surface area contributed by atoms with Crippen LogP contribution in [0, 0.1) is 0 Å². The maximum atomic E-state index is 12.4. The zero-order chi connectivity index (χ0) is 13.3. The van der Waals surface area contributed by atoms with E-state index in [1.165, 1.54) is 12.3 Å². The van der Waals surface area contributed by atoms with E-state index in [1.807, 2.05) is 0 Å². The Morgan fingerprint density at radius 3 is 2.44 bits per heavy atom. The second-order valence-corrected chi connectivity index (χ2v) is 4.43. The molecule has 2 aromatic rings. The van der Waals surface area contributed by atoms with Crippen LogP contribution >= 0.6 is 15.9 Å². The Hall–Kier alpha value is -1.34. The molecule has 0 aromatic carbocycles. The maximum Gasteiger partial charge on any atom is 0.417 e. The summed E-state index contributed by atoms with van der Waals surface area (Å²) in [4.78, 5) is 3.72. The van der Waals surface area contributed by atoms with Gasteiger partial charge in [0.25, 0.3) is 0 Å². The van der Waals surface area contributed by atoms with Crippen molar-refractivity contribution in [3.8, 4) is 0 Å². The van der Waals surface area contributed by atoms with Crippen molar-refractivity contribution >= 4 is 15.9 Å². The molecule has 0 amide bonds. The highest BCUT2D eigenvalue weighted by molar-refractivity contribution is 9.10. The lowest BCUT2D eigenvalue weighted by molar-refractivity contribution is -0.137. The van der Waals surface area contributed by atoms with Crippen molar-refractivity contribution < 1.29 is 17.6 Å². The summed E-state index contributed by atoms with van der Waals surface area (Å²) < 4.78 is 42.9. The molecule has 0 saturated heterocycles. The van der Waals surface area contributed by atoms with Crippen LogP contribution in [0.15, 0.2) is 39.5 Å². The van der Waals surface area contributed by atoms with E-state index in [4.69, 9.17) is 10.2 Å². The third-order valence-electron chi connectivity index (χ3n) is 2.36. The number of pyridine rings is 1. The number of nitrogens with two attached hydrogens (primary N) is 1. The molecule has 1 atom stereocenters. The number of halogens is 4. The van der Waals surface area contributed by atoms with Gasteiger partial charge in [0, 0.05) is 6.20 Å². The van der Waals surface area contributed by atoms with Gasteiger partial charge in [0.2, 0.25) is 0 Å². The Balaban J connectivity index is 2.28. The van der Waals surface area contributed by atoms with Crippen LogP contribution in [0.2, 0.25) is 0 Å². The minimum atomic E-state index is -4.40. The Labute approximate surface area is 109 Å². The molecule has 0 fully saturated rings. The van der Waals surface area contributed by atoms with Crippen molar-refractivity contribution in [2.45, 2.75) is 12.2 Å². The molecule has 0 bridgehead atoms. The first-order valence-corrected chi connectivity index (χ1v) is 5.70. The molecular formula is C11H8BrF3N2O. The van der Waals surface area contributed by atoms with Crippen LogP contribution in [0.4, 0.5) is 13.2 Å². The zero-order valence-corrected chi connectivity index (χ0v) is 10.5. The van der Waals surface area contributed by atoms with Gasteiger partial charge in [-0.3, -0.25) is 4.98 Å². The highest BCUT2D eigenvalue weighted by atomic mass is 79.9. The summed E-state index contributed by atoms with van der Waals surface area (Å²) in [6, 6.07) is 3.12. The molecule has 2 aromatic heterocycles. The monoisotopic (exact) mass is 320 g/mol. The predicted octanol–water partition coefficient (Wildman–Crippen LogP) is 3.50. The quantitative estimate of drug-likeness (QED) is 0.921. The van der Waals surface area contributed by atoms with Gasteiger partial charge in [-0.2, -0.15) is 13.2 Å². The van der Waals surface area contributed by atoms with Crippen molar-refractivity contribution in [2.24, 2.45) is 5.73 Å². The van der Waals surface area contributed by atoms with E-state index in [9.17, 15) is 13.2 Å². The lowest BCUT2D eigenvalue weighted by Crippen LogP contribution is -2.14. The molecule has 0 aliphatic rings. The summed E-state index contributed by atoms with van der Waals surface area (Å²) in [5.74, 6) is 0.419. The molecule has 1 unspecified atom stereocenters. The molecule has 7 heteroatoms. The van der Waals surface area contributed by atoms with Crippen LogP contribution < -0.4 is 5.73 Å². The second-order valence-electron chi connectivity index (χ2n) is 3.58. The number of aromatic nitrogens is 1. The smallest absolute Gasteiger partial charge is 0.417 e. The summed E-state index contributed by atoms with van der Waals surface area (Å²) in [7, 11) is 0. The molecule has 2 N–H and O–H groups in total. The predicted molar refractivity (Wildman–Crippen MR) is 61.7 cm³/mol. The molecule has 0 radical (unpaired) electrons. The third-order valence-corrected chi connectivity index (χ3v) is 3.01. The number of rotatable bonds is 2. The van der Waals surface area contributed by atoms with Gasteiger partial charge in [-0.25, -0.2) is 0 Å². The van der Waals surface area contributed by atoms with E-state index in [-0.39, 0.29) is 0 Å². The average Bonchev–Trinajstić information content (AvgIpc) is 2.73. The normalized spacial score (nSPS) is 13.6. The molecular weight excluding hydrogens is 313 g/mol. The van der Waals surface area contributed by atoms with Gasteiger partial charge in [-0.05, 0) is 34.1 Å². The first kappa shape index (κ1) is 13.1. The Bertz CT molecular complexity index is 536. The maximum absolute atomic E-state index is 12.4. The Morgan fingerprint density at radius 2 is 2.00 bits per heavy atom. The van der Waals surface area contributed by atoms with E-state index in [2.05, 4.69) is 20.9 Å². The number of hydrogen-bond donors (Lipinski definition) is 1. The van der Waals surface area contributed by atoms with Gasteiger partial charge in [0.1, 0.15) is 11.8 Å². The van der Waals surface area contributed by atoms with Crippen LogP contribution in [0.1, 0.15) is 23.1 Å². The fourth-order valence-electron chi connectivity index (χ4n) is 1.42. The summed E-state index contributed by atoms with van der Waals surface area (Å²) >= 11 is 3.23. The fraction of sp³-hybridized carbons (Fsp3) is 0.182. The van der Waals surface area contributed by atoms with Gasteiger partial charge < -0.3 is 10.2 Å². The van der Waals surface area contributed by atoms with Gasteiger partial charge in [0.05, 0.1) is 22.0 Å². The topological polar surface area (TPSA) is 52.0 Å². The van der Waals surface area contributed by atoms with E-state index < -0.39 is 17.8 Å². The second kappa shape index (κ2) is 4.74. The number of hydrogen-bond acceptors (Lipinski definition) is 3. The highest BCUT2D eigenvalue weighted by Crippen LogP contribution is 2.30. The van der Waals surface area contributed by atoms with Crippen molar-refractivity contribution in [1.29, 1.82) is 0 Å². The van der Waals surface area contributed by atoms with Crippen LogP contribution in [-0.4, -0.2) is 4.98 Å². The highest BCUT2D eigenvalue weighted by Gasteiger charge is 2.31. The van der Waals surface area contributed by atoms with Crippen molar-refractivity contribution in [3.63, 3.8) is 0 Å². The van der Waals surface area contributed by atoms with Crippen LogP contribution in [-0.2, 0) is 6.18 Å². The molecule has 0 aliphatic heterocycles. The first-order valence-electron chi connectivity index (χ1n) is 4.91. The average molecular weight is 321 g/mol. The van der Waals surface area contributed by atoms with E-state index >= 15 is 0 Å². The molecule has 0 spiro atoms. The van der Waals surface area contributed by atoms with Crippen molar-refractivity contribution in [3.05, 3.63) is 52.1 Å². The Kier molecular flexibility index (Phi) is 3.45. The van der Waals surface area contributed by atoms with Crippen LogP contribution in [0.5, 0.6) is 0 Å². The largest absolute Gasteiger partial charge is 0.466 e. The zero-order valence-electron chi connectivity index (χ0n) is 8.91. The van der Waals surface area contributed by atoms with Gasteiger partial charge in [0.15, 0.2) is 0 Å². The third kappa shape index (κ3) is 2.56. The summed E-state index contributed by atoms with van der Waals surface area (Å²) in [6.45, 7) is 0. The summed E-state index contributed by atoms with van der Waals surface area (Å²) in [5, 5.41) is 0. The summed E-state index contributed by atoms with van der Waals surface area (Å²) in [5.41, 5.74) is 5.35. The lowest BCUT2D eigenvalue weighted by atomic mass is 10.1. The molecule has 2 rings (SSSR count). The first-order chi connectivity index (χ1) is 8.39. The molecule has 0 saturated carbocycles. The summed E-state index contributed by atoms with van der Waals surface area (Å²) in [6.07, 6.45) is -2.21. The number of nitrogens with zero attached hydrogens (tertiary/aromatic N) is 1. The van der Waals surface area contributed by atoms with Gasteiger partial charge in [-0.15, -0.1) is 0 Å².